The van der Waals surface area contributed by atoms with Gasteiger partial charge in [0.25, 0.3) is 0 Å². The lowest BCUT2D eigenvalue weighted by atomic mass is 10.2. The van der Waals surface area contributed by atoms with Gasteiger partial charge in [-0.1, -0.05) is 11.3 Å². The maximum absolute atomic E-state index is 11.9. The van der Waals surface area contributed by atoms with Crippen LogP contribution in [0.25, 0.3) is 16.2 Å². The number of fused-ring (bicyclic) bond motifs is 1. The van der Waals surface area contributed by atoms with Gasteiger partial charge in [0.05, 0.1) is 18.9 Å². The number of ether oxygens (including phenoxy) is 2. The van der Waals surface area contributed by atoms with Gasteiger partial charge in [0.1, 0.15) is 10.6 Å². The molecule has 0 aliphatic heterocycles. The molecule has 0 saturated heterocycles. The van der Waals surface area contributed by atoms with Crippen LogP contribution < -0.4 is 4.74 Å². The van der Waals surface area contributed by atoms with Crippen molar-refractivity contribution in [2.75, 3.05) is 13.2 Å². The van der Waals surface area contributed by atoms with E-state index in [0.717, 1.165) is 27.7 Å². The number of aromatic nitrogens is 2. The summed E-state index contributed by atoms with van der Waals surface area (Å²) in [4.78, 5) is 17.9. The Morgan fingerprint density at radius 3 is 2.57 bits per heavy atom. The van der Waals surface area contributed by atoms with Gasteiger partial charge in [0, 0.05) is 17.5 Å². The molecule has 120 valence electrons. The molecule has 2 heterocycles. The monoisotopic (exact) mass is 330 g/mol. The van der Waals surface area contributed by atoms with Gasteiger partial charge >= 0.3 is 5.97 Å². The molecule has 2 aromatic heterocycles. The third kappa shape index (κ3) is 2.94. The van der Waals surface area contributed by atoms with Crippen molar-refractivity contribution in [1.29, 1.82) is 0 Å². The molecule has 0 N–H and O–H groups in total. The molecule has 0 aliphatic carbocycles. The molecule has 1 aromatic carbocycles. The second-order valence-corrected chi connectivity index (χ2v) is 5.95. The lowest BCUT2D eigenvalue weighted by Crippen LogP contribution is -2.04. The zero-order valence-corrected chi connectivity index (χ0v) is 14.1. The number of benzene rings is 1. The highest BCUT2D eigenvalue weighted by Gasteiger charge is 2.18. The van der Waals surface area contributed by atoms with Crippen molar-refractivity contribution < 1.29 is 14.3 Å². The predicted octanol–water partition coefficient (Wildman–Crippen LogP) is 3.95. The summed E-state index contributed by atoms with van der Waals surface area (Å²) >= 11 is 1.35. The lowest BCUT2D eigenvalue weighted by Gasteiger charge is -2.03. The molecule has 0 unspecified atom stereocenters. The van der Waals surface area contributed by atoms with Gasteiger partial charge < -0.3 is 9.47 Å². The molecule has 5 nitrogen and oxygen atoms in total. The fourth-order valence-corrected chi connectivity index (χ4v) is 3.37. The third-order valence-corrected chi connectivity index (χ3v) is 4.62. The summed E-state index contributed by atoms with van der Waals surface area (Å²) < 4.78 is 12.5. The number of hydrogen-bond acceptors (Lipinski definition) is 5. The van der Waals surface area contributed by atoms with E-state index in [1.165, 1.54) is 11.3 Å². The summed E-state index contributed by atoms with van der Waals surface area (Å²) in [6.45, 7) is 6.68. The Labute approximate surface area is 138 Å². The van der Waals surface area contributed by atoms with Gasteiger partial charge in [-0.05, 0) is 45.0 Å². The van der Waals surface area contributed by atoms with Gasteiger partial charge in [0.2, 0.25) is 0 Å². The molecule has 3 rings (SSSR count). The first kappa shape index (κ1) is 15.6. The van der Waals surface area contributed by atoms with E-state index in [9.17, 15) is 4.79 Å². The molecule has 0 spiro atoms. The van der Waals surface area contributed by atoms with E-state index in [1.54, 1.807) is 6.92 Å². The van der Waals surface area contributed by atoms with Crippen molar-refractivity contribution in [2.24, 2.45) is 0 Å². The fourth-order valence-electron chi connectivity index (χ4n) is 2.36. The van der Waals surface area contributed by atoms with Crippen LogP contribution in [0.4, 0.5) is 0 Å². The van der Waals surface area contributed by atoms with Crippen LogP contribution >= 0.6 is 11.3 Å². The third-order valence-electron chi connectivity index (χ3n) is 3.48. The van der Waals surface area contributed by atoms with Crippen LogP contribution in [0.3, 0.4) is 0 Å². The first-order valence-corrected chi connectivity index (χ1v) is 8.34. The highest BCUT2D eigenvalue weighted by atomic mass is 32.1. The predicted molar refractivity (Wildman–Crippen MR) is 90.4 cm³/mol. The highest BCUT2D eigenvalue weighted by molar-refractivity contribution is 7.19. The minimum absolute atomic E-state index is 0.289. The number of rotatable bonds is 5. The summed E-state index contributed by atoms with van der Waals surface area (Å²) in [5, 5.41) is 0. The zero-order chi connectivity index (χ0) is 16.4. The lowest BCUT2D eigenvalue weighted by molar-refractivity contribution is 0.0531. The Morgan fingerprint density at radius 1 is 1.22 bits per heavy atom. The van der Waals surface area contributed by atoms with Crippen LogP contribution in [-0.2, 0) is 4.74 Å². The van der Waals surface area contributed by atoms with Crippen LogP contribution in [0.5, 0.6) is 5.75 Å². The topological polar surface area (TPSA) is 52.8 Å². The number of esters is 1. The van der Waals surface area contributed by atoms with Crippen molar-refractivity contribution in [3.63, 3.8) is 0 Å². The van der Waals surface area contributed by atoms with Crippen molar-refractivity contribution in [3.05, 3.63) is 41.0 Å². The summed E-state index contributed by atoms with van der Waals surface area (Å²) in [5.74, 6) is 0.557. The molecule has 0 amide bonds. The molecule has 3 aromatic rings. The van der Waals surface area contributed by atoms with Gasteiger partial charge in [0.15, 0.2) is 4.96 Å². The Morgan fingerprint density at radius 2 is 1.96 bits per heavy atom. The van der Waals surface area contributed by atoms with E-state index in [2.05, 4.69) is 4.98 Å². The quantitative estimate of drug-likeness (QED) is 0.665. The highest BCUT2D eigenvalue weighted by Crippen LogP contribution is 2.28. The first-order chi connectivity index (χ1) is 11.1. The average Bonchev–Trinajstić information content (AvgIpc) is 3.09. The van der Waals surface area contributed by atoms with E-state index in [-0.39, 0.29) is 5.97 Å². The van der Waals surface area contributed by atoms with Crippen LogP contribution in [-0.4, -0.2) is 28.6 Å². The number of carbonyl (C=O) groups excluding carboxylic acids is 1. The summed E-state index contributed by atoms with van der Waals surface area (Å²) in [6.07, 6.45) is 1.94. The summed E-state index contributed by atoms with van der Waals surface area (Å²) in [7, 11) is 0. The first-order valence-electron chi connectivity index (χ1n) is 7.52. The molecule has 23 heavy (non-hydrogen) atoms. The van der Waals surface area contributed by atoms with Crippen molar-refractivity contribution in [1.82, 2.24) is 9.38 Å². The zero-order valence-electron chi connectivity index (χ0n) is 13.3. The van der Waals surface area contributed by atoms with Gasteiger partial charge in [-0.2, -0.15) is 0 Å². The molecule has 0 aliphatic rings. The van der Waals surface area contributed by atoms with Crippen LogP contribution in [0.2, 0.25) is 0 Å². The van der Waals surface area contributed by atoms with Crippen molar-refractivity contribution in [3.8, 4) is 17.0 Å². The van der Waals surface area contributed by atoms with E-state index in [0.29, 0.717) is 18.1 Å². The molecule has 0 saturated carbocycles. The van der Waals surface area contributed by atoms with E-state index >= 15 is 0 Å². The maximum Gasteiger partial charge on any atom is 0.350 e. The number of nitrogens with zero attached hydrogens (tertiary/aromatic N) is 2. The van der Waals surface area contributed by atoms with E-state index in [1.807, 2.05) is 48.7 Å². The average molecular weight is 330 g/mol. The van der Waals surface area contributed by atoms with Gasteiger partial charge in [-0.15, -0.1) is 0 Å². The SMILES string of the molecule is CCOC(=O)c1sc2nc(-c3ccc(OCC)cc3)cn2c1C. The maximum atomic E-state index is 11.9. The minimum Gasteiger partial charge on any atom is -0.494 e. The number of hydrogen-bond donors (Lipinski definition) is 0. The van der Waals surface area contributed by atoms with Crippen LogP contribution in [0.1, 0.15) is 29.2 Å². The second-order valence-electron chi connectivity index (χ2n) is 4.97. The largest absolute Gasteiger partial charge is 0.494 e. The smallest absolute Gasteiger partial charge is 0.350 e. The van der Waals surface area contributed by atoms with Crippen LogP contribution in [0.15, 0.2) is 30.5 Å². The number of carbonyl (C=O) groups is 1. The second kappa shape index (κ2) is 6.42. The molecular formula is C17H18N2O3S. The molecule has 0 atom stereocenters. The standard InChI is InChI=1S/C17H18N2O3S/c1-4-21-13-8-6-12(7-9-13)14-10-19-11(3)15(16(20)22-5-2)23-17(19)18-14/h6-10H,4-5H2,1-3H3. The van der Waals surface area contributed by atoms with Crippen molar-refractivity contribution >= 4 is 22.3 Å². The molecule has 0 radical (unpaired) electrons. The van der Waals surface area contributed by atoms with Gasteiger partial charge in [-0.25, -0.2) is 9.78 Å². The Bertz CT molecular complexity index is 834. The molecule has 0 fully saturated rings. The summed E-state index contributed by atoms with van der Waals surface area (Å²) in [5.41, 5.74) is 2.74. The number of thiazole rings is 1. The van der Waals surface area contributed by atoms with Gasteiger partial charge in [-0.3, -0.25) is 4.40 Å². The Balaban J connectivity index is 1.93. The Hall–Kier alpha value is -2.34. The van der Waals surface area contributed by atoms with E-state index < -0.39 is 0 Å². The summed E-state index contributed by atoms with van der Waals surface area (Å²) in [6, 6.07) is 7.84. The number of imidazole rings is 1. The molecular weight excluding hydrogens is 312 g/mol. The normalized spacial score (nSPS) is 10.9. The molecule has 6 heteroatoms. The van der Waals surface area contributed by atoms with Crippen molar-refractivity contribution in [2.45, 2.75) is 20.8 Å². The Kier molecular flexibility index (Phi) is 4.34. The fraction of sp³-hybridized carbons (Fsp3) is 0.294. The van der Waals surface area contributed by atoms with E-state index in [4.69, 9.17) is 9.47 Å². The number of aryl methyl sites for hydroxylation is 1. The molecule has 0 bridgehead atoms. The minimum atomic E-state index is -0.289. The van der Waals surface area contributed by atoms with Crippen LogP contribution in [0, 0.1) is 6.92 Å².